The van der Waals surface area contributed by atoms with Gasteiger partial charge in [0.05, 0.1) is 14.2 Å². The fourth-order valence-corrected chi connectivity index (χ4v) is 3.52. The molecule has 6 nitrogen and oxygen atoms in total. The van der Waals surface area contributed by atoms with Crippen molar-refractivity contribution in [1.82, 2.24) is 9.88 Å². The summed E-state index contributed by atoms with van der Waals surface area (Å²) >= 11 is 0. The van der Waals surface area contributed by atoms with Gasteiger partial charge in [-0.1, -0.05) is 13.8 Å². The van der Waals surface area contributed by atoms with E-state index in [0.717, 1.165) is 29.2 Å². The molecule has 1 saturated heterocycles. The number of amides is 1. The van der Waals surface area contributed by atoms with Crippen molar-refractivity contribution in [3.8, 4) is 11.5 Å². The number of aromatic amines is 1. The molecule has 3 rings (SSSR count). The van der Waals surface area contributed by atoms with Crippen molar-refractivity contribution in [2.45, 2.75) is 32.1 Å². The van der Waals surface area contributed by atoms with Crippen LogP contribution in [0.25, 0.3) is 0 Å². The number of ether oxygens (including phenoxy) is 2. The Morgan fingerprint density at radius 1 is 1.19 bits per heavy atom. The van der Waals surface area contributed by atoms with Gasteiger partial charge in [0.25, 0.3) is 11.5 Å². The largest absolute Gasteiger partial charge is 0.497 e. The molecule has 0 saturated carbocycles. The first kappa shape index (κ1) is 19.0. The normalized spacial score (nSPS) is 16.6. The number of hydrogen-bond donors (Lipinski definition) is 1. The van der Waals surface area contributed by atoms with Crippen LogP contribution in [0.1, 0.15) is 53.7 Å². The standard InChI is InChI=1S/C21H26N2O4/c1-13(2)18-7-6-16(20(24)22-18)21(25)23-10-9-14(12-23)17-11-15(26-3)5-8-19(17)27-4/h5-8,11,13-14H,9-10,12H2,1-4H3,(H,22,24)/t14-/m1/s1. The molecule has 144 valence electrons. The third-order valence-corrected chi connectivity index (χ3v) is 5.14. The number of rotatable bonds is 5. The van der Waals surface area contributed by atoms with Gasteiger partial charge in [0, 0.05) is 30.3 Å². The summed E-state index contributed by atoms with van der Waals surface area (Å²) in [4.78, 5) is 29.7. The van der Waals surface area contributed by atoms with Crippen molar-refractivity contribution in [3.63, 3.8) is 0 Å². The number of pyridine rings is 1. The van der Waals surface area contributed by atoms with Gasteiger partial charge in [-0.25, -0.2) is 0 Å². The quantitative estimate of drug-likeness (QED) is 0.878. The second kappa shape index (κ2) is 7.86. The molecule has 2 heterocycles. The smallest absolute Gasteiger partial charge is 0.261 e. The molecule has 2 aromatic rings. The summed E-state index contributed by atoms with van der Waals surface area (Å²) in [7, 11) is 3.27. The lowest BCUT2D eigenvalue weighted by molar-refractivity contribution is 0.0789. The van der Waals surface area contributed by atoms with E-state index in [0.29, 0.717) is 13.1 Å². The van der Waals surface area contributed by atoms with Gasteiger partial charge in [-0.3, -0.25) is 9.59 Å². The number of carbonyl (C=O) groups excluding carboxylic acids is 1. The fraction of sp³-hybridized carbons (Fsp3) is 0.429. The molecule has 0 spiro atoms. The Bertz CT molecular complexity index is 888. The number of methoxy groups -OCH3 is 2. The first-order valence-electron chi connectivity index (χ1n) is 9.19. The second-order valence-corrected chi connectivity index (χ2v) is 7.16. The predicted molar refractivity (Wildman–Crippen MR) is 104 cm³/mol. The highest BCUT2D eigenvalue weighted by molar-refractivity contribution is 5.94. The van der Waals surface area contributed by atoms with Crippen molar-refractivity contribution < 1.29 is 14.3 Å². The average Bonchev–Trinajstić information content (AvgIpc) is 3.16. The highest BCUT2D eigenvalue weighted by Gasteiger charge is 2.31. The minimum absolute atomic E-state index is 0.146. The van der Waals surface area contributed by atoms with Crippen molar-refractivity contribution >= 4 is 5.91 Å². The number of nitrogens with zero attached hydrogens (tertiary/aromatic N) is 1. The number of hydrogen-bond acceptors (Lipinski definition) is 4. The van der Waals surface area contributed by atoms with Gasteiger partial charge in [0.15, 0.2) is 0 Å². The Balaban J connectivity index is 1.80. The Hall–Kier alpha value is -2.76. The maximum atomic E-state index is 12.9. The minimum Gasteiger partial charge on any atom is -0.497 e. The Morgan fingerprint density at radius 3 is 2.59 bits per heavy atom. The van der Waals surface area contributed by atoms with Crippen LogP contribution >= 0.6 is 0 Å². The highest BCUT2D eigenvalue weighted by Crippen LogP contribution is 2.36. The lowest BCUT2D eigenvalue weighted by Gasteiger charge is -2.18. The van der Waals surface area contributed by atoms with E-state index >= 15 is 0 Å². The molecular formula is C21H26N2O4. The first-order chi connectivity index (χ1) is 12.9. The monoisotopic (exact) mass is 370 g/mol. The molecule has 27 heavy (non-hydrogen) atoms. The summed E-state index contributed by atoms with van der Waals surface area (Å²) in [6, 6.07) is 9.15. The van der Waals surface area contributed by atoms with Gasteiger partial charge in [0.2, 0.25) is 0 Å². The molecule has 0 unspecified atom stereocenters. The molecule has 1 N–H and O–H groups in total. The highest BCUT2D eigenvalue weighted by atomic mass is 16.5. The summed E-state index contributed by atoms with van der Waals surface area (Å²) in [6.45, 7) is 5.15. The van der Waals surface area contributed by atoms with E-state index in [1.54, 1.807) is 25.2 Å². The summed E-state index contributed by atoms with van der Waals surface area (Å²) < 4.78 is 10.8. The van der Waals surface area contributed by atoms with Crippen LogP contribution in [0, 0.1) is 0 Å². The lowest BCUT2D eigenvalue weighted by Crippen LogP contribution is -2.33. The molecule has 0 aliphatic carbocycles. The zero-order valence-corrected chi connectivity index (χ0v) is 16.2. The molecule has 1 fully saturated rings. The van der Waals surface area contributed by atoms with Gasteiger partial charge in [-0.05, 0) is 42.7 Å². The van der Waals surface area contributed by atoms with Gasteiger partial charge >= 0.3 is 0 Å². The van der Waals surface area contributed by atoms with Crippen LogP contribution < -0.4 is 15.0 Å². The molecular weight excluding hydrogens is 344 g/mol. The molecule has 0 radical (unpaired) electrons. The van der Waals surface area contributed by atoms with Crippen LogP contribution in [-0.2, 0) is 0 Å². The van der Waals surface area contributed by atoms with E-state index in [-0.39, 0.29) is 28.9 Å². The van der Waals surface area contributed by atoms with E-state index in [1.807, 2.05) is 38.1 Å². The number of likely N-dealkylation sites (tertiary alicyclic amines) is 1. The topological polar surface area (TPSA) is 71.6 Å². The van der Waals surface area contributed by atoms with E-state index in [4.69, 9.17) is 9.47 Å². The summed E-state index contributed by atoms with van der Waals surface area (Å²) in [5.74, 6) is 1.67. The van der Waals surface area contributed by atoms with Crippen LogP contribution in [0.4, 0.5) is 0 Å². The zero-order chi connectivity index (χ0) is 19.6. The maximum absolute atomic E-state index is 12.9. The molecule has 1 aromatic carbocycles. The SMILES string of the molecule is COc1ccc(OC)c([C@@H]2CCN(C(=O)c3ccc(C(C)C)[nH]c3=O)C2)c1. The number of benzene rings is 1. The Morgan fingerprint density at radius 2 is 1.96 bits per heavy atom. The number of carbonyl (C=O) groups is 1. The van der Waals surface area contributed by atoms with Crippen LogP contribution in [-0.4, -0.2) is 43.1 Å². The molecule has 6 heteroatoms. The van der Waals surface area contributed by atoms with Gasteiger partial charge in [-0.2, -0.15) is 0 Å². The number of H-pyrrole nitrogens is 1. The van der Waals surface area contributed by atoms with Crippen molar-refractivity contribution in [3.05, 3.63) is 57.5 Å². The molecule has 0 bridgehead atoms. The van der Waals surface area contributed by atoms with E-state index in [2.05, 4.69) is 4.98 Å². The lowest BCUT2D eigenvalue weighted by atomic mass is 9.97. The zero-order valence-electron chi connectivity index (χ0n) is 16.2. The van der Waals surface area contributed by atoms with E-state index in [9.17, 15) is 9.59 Å². The van der Waals surface area contributed by atoms with Crippen LogP contribution in [0.5, 0.6) is 11.5 Å². The number of aromatic nitrogens is 1. The molecule has 1 aliphatic heterocycles. The van der Waals surface area contributed by atoms with E-state index in [1.165, 1.54) is 0 Å². The van der Waals surface area contributed by atoms with Gasteiger partial charge in [0.1, 0.15) is 17.1 Å². The van der Waals surface area contributed by atoms with Crippen LogP contribution in [0.2, 0.25) is 0 Å². The Labute approximate surface area is 159 Å². The summed E-state index contributed by atoms with van der Waals surface area (Å²) in [5, 5.41) is 0. The second-order valence-electron chi connectivity index (χ2n) is 7.16. The third-order valence-electron chi connectivity index (χ3n) is 5.14. The molecule has 1 atom stereocenters. The average molecular weight is 370 g/mol. The predicted octanol–water partition coefficient (Wildman–Crippen LogP) is 3.15. The van der Waals surface area contributed by atoms with Crippen molar-refractivity contribution in [2.24, 2.45) is 0 Å². The molecule has 1 amide bonds. The van der Waals surface area contributed by atoms with Crippen LogP contribution in [0.3, 0.4) is 0 Å². The van der Waals surface area contributed by atoms with Crippen molar-refractivity contribution in [2.75, 3.05) is 27.3 Å². The summed E-state index contributed by atoms with van der Waals surface area (Å²) in [6.07, 6.45) is 0.817. The maximum Gasteiger partial charge on any atom is 0.261 e. The van der Waals surface area contributed by atoms with Crippen molar-refractivity contribution in [1.29, 1.82) is 0 Å². The fourth-order valence-electron chi connectivity index (χ4n) is 3.52. The molecule has 1 aromatic heterocycles. The minimum atomic E-state index is -0.325. The van der Waals surface area contributed by atoms with Gasteiger partial charge < -0.3 is 19.4 Å². The first-order valence-corrected chi connectivity index (χ1v) is 9.19. The number of nitrogens with one attached hydrogen (secondary N) is 1. The van der Waals surface area contributed by atoms with Crippen LogP contribution in [0.15, 0.2) is 35.1 Å². The summed E-state index contributed by atoms with van der Waals surface area (Å²) in [5.41, 5.74) is 1.72. The third kappa shape index (κ3) is 3.84. The van der Waals surface area contributed by atoms with E-state index < -0.39 is 0 Å². The Kier molecular flexibility index (Phi) is 5.54. The molecule has 1 aliphatic rings. The van der Waals surface area contributed by atoms with Gasteiger partial charge in [-0.15, -0.1) is 0 Å².